The van der Waals surface area contributed by atoms with E-state index in [4.69, 9.17) is 5.11 Å². The third kappa shape index (κ3) is 2.66. The first-order valence-corrected chi connectivity index (χ1v) is 3.66. The number of hydrogen-bond acceptors (Lipinski definition) is 2. The van der Waals surface area contributed by atoms with Gasteiger partial charge in [0, 0.05) is 5.56 Å². The van der Waals surface area contributed by atoms with E-state index in [-0.39, 0.29) is 11.3 Å². The molecule has 0 saturated heterocycles. The van der Waals surface area contributed by atoms with Crippen LogP contribution in [-0.4, -0.2) is 11.7 Å². The molecule has 13 heavy (non-hydrogen) atoms. The van der Waals surface area contributed by atoms with Crippen molar-refractivity contribution in [2.75, 3.05) is 0 Å². The molecule has 1 rings (SSSR count). The Balaban J connectivity index is 2.92. The van der Waals surface area contributed by atoms with Gasteiger partial charge in [-0.3, -0.25) is 0 Å². The monoisotopic (exact) mass is 187 g/mol. The van der Waals surface area contributed by atoms with E-state index in [9.17, 15) is 8.78 Å². The summed E-state index contributed by atoms with van der Waals surface area (Å²) in [6, 6.07) is 4.58. The molecule has 0 spiro atoms. The predicted octanol–water partition coefficient (Wildman–Crippen LogP) is 2.48. The predicted molar refractivity (Wildman–Crippen MR) is 43.1 cm³/mol. The molecule has 0 aliphatic carbocycles. The Morgan fingerprint density at radius 3 is 2.69 bits per heavy atom. The van der Waals surface area contributed by atoms with Gasteiger partial charge in [0.1, 0.15) is 12.4 Å². The molecule has 1 radical (unpaired) electrons. The Morgan fingerprint density at radius 2 is 2.15 bits per heavy atom. The van der Waals surface area contributed by atoms with Crippen LogP contribution in [-0.2, 0) is 0 Å². The van der Waals surface area contributed by atoms with Crippen LogP contribution in [0.25, 0.3) is 0 Å². The second-order valence-corrected chi connectivity index (χ2v) is 2.55. The lowest BCUT2D eigenvalue weighted by Gasteiger charge is -2.08. The van der Waals surface area contributed by atoms with E-state index in [0.29, 0.717) is 0 Å². The number of benzene rings is 1. The van der Waals surface area contributed by atoms with Gasteiger partial charge in [-0.05, 0) is 19.1 Å². The molecule has 0 atom stereocenters. The average molecular weight is 187 g/mol. The summed E-state index contributed by atoms with van der Waals surface area (Å²) in [4.78, 5) is 0. The molecule has 0 unspecified atom stereocenters. The van der Waals surface area contributed by atoms with Crippen LogP contribution in [0.4, 0.5) is 8.78 Å². The highest BCUT2D eigenvalue weighted by Gasteiger charge is 2.08. The minimum absolute atomic E-state index is 0.0249. The van der Waals surface area contributed by atoms with E-state index in [0.717, 1.165) is 12.2 Å². The molecule has 0 saturated carbocycles. The zero-order chi connectivity index (χ0) is 9.84. The number of aliphatic hydroxyl groups is 1. The number of alkyl halides is 2. The summed E-state index contributed by atoms with van der Waals surface area (Å²) in [7, 11) is 0. The third-order valence-electron chi connectivity index (χ3n) is 1.52. The summed E-state index contributed by atoms with van der Waals surface area (Å²) in [5.74, 6) is -0.0249. The fourth-order valence-corrected chi connectivity index (χ4v) is 0.972. The van der Waals surface area contributed by atoms with Crippen molar-refractivity contribution < 1.29 is 18.6 Å². The molecule has 71 valence electrons. The van der Waals surface area contributed by atoms with E-state index in [1.54, 1.807) is 19.1 Å². The number of halogens is 2. The van der Waals surface area contributed by atoms with Crippen LogP contribution in [0, 0.1) is 13.5 Å². The summed E-state index contributed by atoms with van der Waals surface area (Å²) in [5.41, 5.74) is 1.11. The molecular weight excluding hydrogens is 178 g/mol. The van der Waals surface area contributed by atoms with Crippen molar-refractivity contribution in [1.82, 2.24) is 0 Å². The van der Waals surface area contributed by atoms with E-state index < -0.39 is 6.61 Å². The standard InChI is InChI=1S/C9H9F2O2/c1-6-2-3-8(13-9(10)11)7(4-6)5-12/h2-5,9,12H,1H3. The summed E-state index contributed by atoms with van der Waals surface area (Å²) in [6.45, 7) is -0.342. The minimum Gasteiger partial charge on any atom is -0.434 e. The summed E-state index contributed by atoms with van der Waals surface area (Å²) >= 11 is 0. The van der Waals surface area contributed by atoms with Crippen molar-refractivity contribution in [2.24, 2.45) is 0 Å². The van der Waals surface area contributed by atoms with Crippen molar-refractivity contribution >= 4 is 0 Å². The van der Waals surface area contributed by atoms with Crippen molar-refractivity contribution in [3.63, 3.8) is 0 Å². The van der Waals surface area contributed by atoms with Gasteiger partial charge in [-0.15, -0.1) is 0 Å². The van der Waals surface area contributed by atoms with Gasteiger partial charge in [0.2, 0.25) is 0 Å². The van der Waals surface area contributed by atoms with Gasteiger partial charge in [0.05, 0.1) is 0 Å². The smallest absolute Gasteiger partial charge is 0.387 e. The van der Waals surface area contributed by atoms with Gasteiger partial charge in [-0.25, -0.2) is 0 Å². The van der Waals surface area contributed by atoms with Gasteiger partial charge in [0.25, 0.3) is 0 Å². The SMILES string of the molecule is Cc1ccc(OC(F)F)c([CH]O)c1. The first kappa shape index (κ1) is 9.92. The van der Waals surface area contributed by atoms with Gasteiger partial charge >= 0.3 is 6.61 Å². The molecule has 2 nitrogen and oxygen atoms in total. The second kappa shape index (κ2) is 4.18. The van der Waals surface area contributed by atoms with Crippen LogP contribution in [0.15, 0.2) is 18.2 Å². The van der Waals surface area contributed by atoms with Crippen molar-refractivity contribution in [2.45, 2.75) is 13.5 Å². The van der Waals surface area contributed by atoms with Gasteiger partial charge < -0.3 is 9.84 Å². The third-order valence-corrected chi connectivity index (χ3v) is 1.52. The highest BCUT2D eigenvalue weighted by molar-refractivity contribution is 5.40. The van der Waals surface area contributed by atoms with Crippen LogP contribution in [0.5, 0.6) is 5.75 Å². The first-order valence-electron chi connectivity index (χ1n) is 3.66. The first-order chi connectivity index (χ1) is 6.13. The normalized spacial score (nSPS) is 10.5. The minimum atomic E-state index is -2.87. The zero-order valence-electron chi connectivity index (χ0n) is 7.00. The fraction of sp³-hybridized carbons (Fsp3) is 0.222. The summed E-state index contributed by atoms with van der Waals surface area (Å²) < 4.78 is 27.8. The molecule has 4 heteroatoms. The molecule has 1 aromatic carbocycles. The van der Waals surface area contributed by atoms with Crippen LogP contribution in [0.2, 0.25) is 0 Å². The van der Waals surface area contributed by atoms with Crippen molar-refractivity contribution in [3.05, 3.63) is 35.9 Å². The molecule has 0 bridgehead atoms. The van der Waals surface area contributed by atoms with Crippen LogP contribution in [0.3, 0.4) is 0 Å². The van der Waals surface area contributed by atoms with Gasteiger partial charge in [-0.2, -0.15) is 8.78 Å². The van der Waals surface area contributed by atoms with E-state index >= 15 is 0 Å². The van der Waals surface area contributed by atoms with Gasteiger partial charge in [0.15, 0.2) is 0 Å². The average Bonchev–Trinajstić information content (AvgIpc) is 2.07. The lowest BCUT2D eigenvalue weighted by molar-refractivity contribution is -0.0503. The molecule has 0 aliphatic heterocycles. The topological polar surface area (TPSA) is 29.5 Å². The Hall–Kier alpha value is -1.16. The van der Waals surface area contributed by atoms with Crippen molar-refractivity contribution in [1.29, 1.82) is 0 Å². The molecule has 1 aromatic rings. The molecule has 1 N–H and O–H groups in total. The highest BCUT2D eigenvalue weighted by atomic mass is 19.3. The molecule has 0 amide bonds. The fourth-order valence-electron chi connectivity index (χ4n) is 0.972. The van der Waals surface area contributed by atoms with Crippen LogP contribution in [0.1, 0.15) is 11.1 Å². The number of ether oxygens (including phenoxy) is 1. The van der Waals surface area contributed by atoms with E-state index in [2.05, 4.69) is 4.74 Å². The lowest BCUT2D eigenvalue weighted by atomic mass is 10.1. The van der Waals surface area contributed by atoms with E-state index in [1.165, 1.54) is 6.07 Å². The number of aliphatic hydroxyl groups excluding tert-OH is 1. The zero-order valence-corrected chi connectivity index (χ0v) is 7.00. The maximum Gasteiger partial charge on any atom is 0.387 e. The lowest BCUT2D eigenvalue weighted by Crippen LogP contribution is -2.04. The Kier molecular flexibility index (Phi) is 3.19. The Morgan fingerprint density at radius 1 is 1.46 bits per heavy atom. The van der Waals surface area contributed by atoms with Gasteiger partial charge in [-0.1, -0.05) is 11.6 Å². The largest absolute Gasteiger partial charge is 0.434 e. The van der Waals surface area contributed by atoms with Crippen LogP contribution >= 0.6 is 0 Å². The molecular formula is C9H9F2O2. The quantitative estimate of drug-likeness (QED) is 0.787. The number of aryl methyl sites for hydroxylation is 1. The molecule has 0 aromatic heterocycles. The molecule has 0 heterocycles. The highest BCUT2D eigenvalue weighted by Crippen LogP contribution is 2.22. The summed E-state index contributed by atoms with van der Waals surface area (Å²) in [5, 5.41) is 8.71. The van der Waals surface area contributed by atoms with Crippen molar-refractivity contribution in [3.8, 4) is 5.75 Å². The number of hydrogen-bond donors (Lipinski definition) is 1. The maximum absolute atomic E-state index is 11.8. The molecule has 0 aliphatic rings. The van der Waals surface area contributed by atoms with E-state index in [1.807, 2.05) is 0 Å². The molecule has 0 fully saturated rings. The summed E-state index contributed by atoms with van der Waals surface area (Å²) in [6.07, 6.45) is 0. The maximum atomic E-state index is 11.8. The Bertz CT molecular complexity index is 287. The second-order valence-electron chi connectivity index (χ2n) is 2.55. The Labute approximate surface area is 74.8 Å². The number of rotatable bonds is 3. The van der Waals surface area contributed by atoms with Crippen LogP contribution < -0.4 is 4.74 Å².